The van der Waals surface area contributed by atoms with Crippen LogP contribution in [0.4, 0.5) is 10.1 Å². The molecule has 2 saturated heterocycles. The molecule has 2 fully saturated rings. The van der Waals surface area contributed by atoms with Crippen LogP contribution in [0, 0.1) is 5.82 Å². The molecule has 0 saturated carbocycles. The Morgan fingerprint density at radius 2 is 1.81 bits per heavy atom. The lowest BCUT2D eigenvalue weighted by Gasteiger charge is -2.44. The molecule has 9 heteroatoms. The number of anilines is 1. The van der Waals surface area contributed by atoms with E-state index in [1.807, 2.05) is 29.2 Å². The fraction of sp³-hybridized carbons (Fsp3) is 0.471. The van der Waals surface area contributed by atoms with Gasteiger partial charge in [0.25, 0.3) is 0 Å². The first kappa shape index (κ1) is 29.7. The number of ether oxygens (including phenoxy) is 2. The number of carbonyl (C=O) groups is 1. The number of hydrogen-bond acceptors (Lipinski definition) is 7. The molecule has 4 heterocycles. The molecule has 2 aromatic carbocycles. The average Bonchev–Trinajstić information content (AvgIpc) is 3.01. The smallest absolute Gasteiger partial charge is 0.241 e. The summed E-state index contributed by atoms with van der Waals surface area (Å²) >= 11 is 0. The molecule has 6 rings (SSSR count). The summed E-state index contributed by atoms with van der Waals surface area (Å²) in [4.78, 5) is 25.9. The third-order valence-electron chi connectivity index (χ3n) is 8.85. The van der Waals surface area contributed by atoms with Crippen LogP contribution < -0.4 is 15.0 Å². The van der Waals surface area contributed by atoms with E-state index in [0.29, 0.717) is 49.6 Å². The van der Waals surface area contributed by atoms with E-state index in [4.69, 9.17) is 9.47 Å². The van der Waals surface area contributed by atoms with Crippen molar-refractivity contribution in [3.8, 4) is 5.88 Å². The summed E-state index contributed by atoms with van der Waals surface area (Å²) in [5.74, 6) is 0.276. The molecule has 3 aromatic rings. The number of rotatable bonds is 8. The molecular weight excluding hydrogens is 545 g/mol. The molecule has 0 spiro atoms. The third-order valence-corrected chi connectivity index (χ3v) is 8.85. The van der Waals surface area contributed by atoms with Crippen LogP contribution in [0.1, 0.15) is 30.5 Å². The van der Waals surface area contributed by atoms with Gasteiger partial charge in [-0.1, -0.05) is 42.5 Å². The highest BCUT2D eigenvalue weighted by molar-refractivity contribution is 5.97. The second-order valence-electron chi connectivity index (χ2n) is 12.2. The summed E-state index contributed by atoms with van der Waals surface area (Å²) in [6.07, 6.45) is 3.06. The van der Waals surface area contributed by atoms with Gasteiger partial charge in [-0.05, 0) is 61.6 Å². The van der Waals surface area contributed by atoms with Gasteiger partial charge in [0.2, 0.25) is 11.8 Å². The van der Waals surface area contributed by atoms with Crippen LogP contribution in [-0.4, -0.2) is 97.4 Å². The summed E-state index contributed by atoms with van der Waals surface area (Å²) in [7, 11) is 0. The van der Waals surface area contributed by atoms with Gasteiger partial charge in [-0.25, -0.2) is 9.37 Å². The predicted molar refractivity (Wildman–Crippen MR) is 165 cm³/mol. The molecule has 0 bridgehead atoms. The zero-order chi connectivity index (χ0) is 29.8. The SMILES string of the molecule is C[C@@H]1CN(CC(=O)N2c3cc(Cc4ccc(F)cc4)cnc3OCC2Cc2ccccc2)[C@@H](CN2CCOC[C@H]2C)CN1. The van der Waals surface area contributed by atoms with Gasteiger partial charge in [-0.2, -0.15) is 0 Å². The van der Waals surface area contributed by atoms with Crippen LogP contribution in [0.2, 0.25) is 0 Å². The van der Waals surface area contributed by atoms with E-state index >= 15 is 0 Å². The van der Waals surface area contributed by atoms with Crippen LogP contribution in [0.3, 0.4) is 0 Å². The Balaban J connectivity index is 1.27. The number of fused-ring (bicyclic) bond motifs is 1. The highest BCUT2D eigenvalue weighted by Crippen LogP contribution is 2.35. The quantitative estimate of drug-likeness (QED) is 0.433. The van der Waals surface area contributed by atoms with E-state index in [1.165, 1.54) is 12.1 Å². The Morgan fingerprint density at radius 1 is 1.00 bits per heavy atom. The Hall–Kier alpha value is -3.37. The lowest BCUT2D eigenvalue weighted by molar-refractivity contribution is -0.122. The number of halogens is 1. The maximum Gasteiger partial charge on any atom is 0.241 e. The van der Waals surface area contributed by atoms with E-state index in [2.05, 4.69) is 46.1 Å². The lowest BCUT2D eigenvalue weighted by atomic mass is 10.0. The van der Waals surface area contributed by atoms with E-state index < -0.39 is 0 Å². The number of nitrogens with one attached hydrogen (secondary N) is 1. The molecule has 1 unspecified atom stereocenters. The maximum absolute atomic E-state index is 14.5. The third kappa shape index (κ3) is 7.24. The topological polar surface area (TPSA) is 70.2 Å². The number of piperazine rings is 1. The monoisotopic (exact) mass is 587 g/mol. The van der Waals surface area contributed by atoms with Crippen molar-refractivity contribution in [3.63, 3.8) is 0 Å². The van der Waals surface area contributed by atoms with Crippen molar-refractivity contribution in [2.75, 3.05) is 57.4 Å². The zero-order valence-electron chi connectivity index (χ0n) is 25.1. The summed E-state index contributed by atoms with van der Waals surface area (Å²) < 4.78 is 25.3. The number of hydrogen-bond donors (Lipinski definition) is 1. The van der Waals surface area contributed by atoms with Crippen molar-refractivity contribution in [1.82, 2.24) is 20.1 Å². The predicted octanol–water partition coefficient (Wildman–Crippen LogP) is 3.53. The van der Waals surface area contributed by atoms with E-state index in [9.17, 15) is 9.18 Å². The largest absolute Gasteiger partial charge is 0.474 e. The number of nitrogens with zero attached hydrogens (tertiary/aromatic N) is 4. The molecule has 43 heavy (non-hydrogen) atoms. The Kier molecular flexibility index (Phi) is 9.33. The summed E-state index contributed by atoms with van der Waals surface area (Å²) in [6, 6.07) is 19.5. The van der Waals surface area contributed by atoms with Gasteiger partial charge in [0, 0.05) is 50.5 Å². The Labute approximate surface area is 253 Å². The maximum atomic E-state index is 14.5. The molecule has 1 N–H and O–H groups in total. The normalized spacial score (nSPS) is 24.8. The van der Waals surface area contributed by atoms with Crippen molar-refractivity contribution in [2.24, 2.45) is 0 Å². The number of carbonyl (C=O) groups excluding carboxylic acids is 1. The van der Waals surface area contributed by atoms with Crippen LogP contribution in [0.5, 0.6) is 5.88 Å². The van der Waals surface area contributed by atoms with Crippen molar-refractivity contribution in [3.05, 3.63) is 89.4 Å². The minimum atomic E-state index is -0.259. The highest BCUT2D eigenvalue weighted by atomic mass is 19.1. The minimum Gasteiger partial charge on any atom is -0.474 e. The molecule has 4 atom stereocenters. The second-order valence-corrected chi connectivity index (χ2v) is 12.2. The van der Waals surface area contributed by atoms with E-state index in [-0.39, 0.29) is 23.8 Å². The molecule has 1 amide bonds. The summed E-state index contributed by atoms with van der Waals surface area (Å²) in [5, 5.41) is 3.63. The van der Waals surface area contributed by atoms with Crippen molar-refractivity contribution in [1.29, 1.82) is 0 Å². The van der Waals surface area contributed by atoms with Gasteiger partial charge in [0.15, 0.2) is 0 Å². The van der Waals surface area contributed by atoms with Gasteiger partial charge >= 0.3 is 0 Å². The lowest BCUT2D eigenvalue weighted by Crippen LogP contribution is -2.62. The molecule has 3 aliphatic heterocycles. The molecular formula is C34H42FN5O3. The number of morpholine rings is 1. The van der Waals surface area contributed by atoms with Gasteiger partial charge < -0.3 is 14.8 Å². The van der Waals surface area contributed by atoms with Crippen LogP contribution in [-0.2, 0) is 22.4 Å². The van der Waals surface area contributed by atoms with Gasteiger partial charge in [0.1, 0.15) is 18.1 Å². The summed E-state index contributed by atoms with van der Waals surface area (Å²) in [5.41, 5.74) is 3.79. The van der Waals surface area contributed by atoms with Crippen LogP contribution >= 0.6 is 0 Å². The average molecular weight is 588 g/mol. The van der Waals surface area contributed by atoms with E-state index in [0.717, 1.165) is 56.1 Å². The highest BCUT2D eigenvalue weighted by Gasteiger charge is 2.37. The molecule has 8 nitrogen and oxygen atoms in total. The van der Waals surface area contributed by atoms with Crippen LogP contribution in [0.25, 0.3) is 0 Å². The number of aromatic nitrogens is 1. The van der Waals surface area contributed by atoms with Gasteiger partial charge in [-0.15, -0.1) is 0 Å². The number of pyridine rings is 1. The Bertz CT molecular complexity index is 1370. The molecule has 228 valence electrons. The molecule has 0 radical (unpaired) electrons. The fourth-order valence-electron chi connectivity index (χ4n) is 6.48. The molecule has 0 aliphatic carbocycles. The molecule has 1 aromatic heterocycles. The van der Waals surface area contributed by atoms with Crippen LogP contribution in [0.15, 0.2) is 66.9 Å². The zero-order valence-corrected chi connectivity index (χ0v) is 25.1. The van der Waals surface area contributed by atoms with Crippen molar-refractivity contribution < 1.29 is 18.7 Å². The minimum absolute atomic E-state index is 0.0559. The number of benzene rings is 2. The number of amides is 1. The van der Waals surface area contributed by atoms with Crippen molar-refractivity contribution >= 4 is 11.6 Å². The van der Waals surface area contributed by atoms with E-state index in [1.54, 1.807) is 18.3 Å². The van der Waals surface area contributed by atoms with Gasteiger partial charge in [-0.3, -0.25) is 19.5 Å². The summed E-state index contributed by atoms with van der Waals surface area (Å²) in [6.45, 7) is 10.0. The molecule has 3 aliphatic rings. The Morgan fingerprint density at radius 3 is 2.60 bits per heavy atom. The first-order valence-electron chi connectivity index (χ1n) is 15.4. The van der Waals surface area contributed by atoms with Crippen molar-refractivity contribution in [2.45, 2.75) is 50.9 Å². The first-order valence-corrected chi connectivity index (χ1v) is 15.4. The van der Waals surface area contributed by atoms with Gasteiger partial charge in [0.05, 0.1) is 25.8 Å². The first-order chi connectivity index (χ1) is 20.9. The standard InChI is InChI=1S/C34H42FN5O3/c1-24-19-39(31(18-36-24)20-38-12-13-42-22-25(38)2)21-33(41)40-30(15-26-6-4-3-5-7-26)23-43-34-32(40)16-28(17-37-34)14-27-8-10-29(35)11-9-27/h3-11,16-17,24-25,30-31,36H,12-15,18-23H2,1-2H3/t24-,25-,30?,31-/m1/s1. The second kappa shape index (κ2) is 13.5. The fourth-order valence-corrected chi connectivity index (χ4v) is 6.48.